The lowest BCUT2D eigenvalue weighted by Crippen LogP contribution is -2.07. The van der Waals surface area contributed by atoms with Crippen LogP contribution in [0, 0.1) is 5.92 Å². The highest BCUT2D eigenvalue weighted by Gasteiger charge is 2.09. The second-order valence-electron chi connectivity index (χ2n) is 3.35. The van der Waals surface area contributed by atoms with Crippen molar-refractivity contribution in [3.05, 3.63) is 35.4 Å². The molecule has 0 atom stereocenters. The summed E-state index contributed by atoms with van der Waals surface area (Å²) in [6.45, 7) is 3.80. The highest BCUT2D eigenvalue weighted by atomic mass is 35.5. The van der Waals surface area contributed by atoms with E-state index in [0.29, 0.717) is 5.88 Å². The number of halogens is 1. The van der Waals surface area contributed by atoms with Crippen LogP contribution >= 0.6 is 11.6 Å². The SMILES string of the molecule is CC(C)C(=O)c1cccc(CCl)c1. The summed E-state index contributed by atoms with van der Waals surface area (Å²) >= 11 is 5.67. The van der Waals surface area contributed by atoms with Crippen molar-refractivity contribution in [2.45, 2.75) is 19.7 Å². The Hall–Kier alpha value is -0.820. The van der Waals surface area contributed by atoms with Crippen molar-refractivity contribution in [1.82, 2.24) is 0 Å². The van der Waals surface area contributed by atoms with Crippen LogP contribution in [0.25, 0.3) is 0 Å². The summed E-state index contributed by atoms with van der Waals surface area (Å²) in [6, 6.07) is 7.48. The summed E-state index contributed by atoms with van der Waals surface area (Å²) in [6.07, 6.45) is 0. The molecule has 1 aromatic rings. The molecule has 0 aliphatic heterocycles. The molecule has 2 heteroatoms. The molecule has 0 amide bonds. The fraction of sp³-hybridized carbons (Fsp3) is 0.364. The largest absolute Gasteiger partial charge is 0.294 e. The van der Waals surface area contributed by atoms with Crippen LogP contribution in [-0.4, -0.2) is 5.78 Å². The van der Waals surface area contributed by atoms with E-state index in [9.17, 15) is 4.79 Å². The number of carbonyl (C=O) groups is 1. The van der Waals surface area contributed by atoms with Crippen molar-refractivity contribution in [2.24, 2.45) is 5.92 Å². The average Bonchev–Trinajstić information content (AvgIpc) is 2.16. The minimum Gasteiger partial charge on any atom is -0.294 e. The Morgan fingerprint density at radius 1 is 1.46 bits per heavy atom. The molecule has 0 bridgehead atoms. The number of Topliss-reactive ketones (excluding diaryl/α,β-unsaturated/α-hetero) is 1. The molecule has 0 aromatic heterocycles. The van der Waals surface area contributed by atoms with E-state index < -0.39 is 0 Å². The molecule has 0 fully saturated rings. The highest BCUT2D eigenvalue weighted by Crippen LogP contribution is 2.12. The first-order valence-electron chi connectivity index (χ1n) is 4.34. The summed E-state index contributed by atoms with van der Waals surface area (Å²) in [4.78, 5) is 11.6. The van der Waals surface area contributed by atoms with Crippen LogP contribution in [0.5, 0.6) is 0 Å². The van der Waals surface area contributed by atoms with E-state index in [4.69, 9.17) is 11.6 Å². The molecule has 1 rings (SSSR count). The van der Waals surface area contributed by atoms with Crippen LogP contribution in [0.4, 0.5) is 0 Å². The molecule has 0 radical (unpaired) electrons. The first kappa shape index (κ1) is 10.3. The smallest absolute Gasteiger partial charge is 0.165 e. The van der Waals surface area contributed by atoms with Crippen molar-refractivity contribution in [3.63, 3.8) is 0 Å². The van der Waals surface area contributed by atoms with Gasteiger partial charge in [0.2, 0.25) is 0 Å². The molecule has 0 saturated heterocycles. The topological polar surface area (TPSA) is 17.1 Å². The Kier molecular flexibility index (Phi) is 3.49. The summed E-state index contributed by atoms with van der Waals surface area (Å²) < 4.78 is 0. The Labute approximate surface area is 83.7 Å². The van der Waals surface area contributed by atoms with Gasteiger partial charge in [0.25, 0.3) is 0 Å². The van der Waals surface area contributed by atoms with Crippen molar-refractivity contribution in [1.29, 1.82) is 0 Å². The van der Waals surface area contributed by atoms with Gasteiger partial charge in [-0.2, -0.15) is 0 Å². The standard InChI is InChI=1S/C11H13ClO/c1-8(2)11(13)10-5-3-4-9(6-10)7-12/h3-6,8H,7H2,1-2H3. The molecule has 0 spiro atoms. The molecule has 13 heavy (non-hydrogen) atoms. The van der Waals surface area contributed by atoms with E-state index in [2.05, 4.69) is 0 Å². The fourth-order valence-electron chi connectivity index (χ4n) is 1.14. The van der Waals surface area contributed by atoms with Gasteiger partial charge in [-0.3, -0.25) is 4.79 Å². The van der Waals surface area contributed by atoms with Crippen molar-refractivity contribution in [2.75, 3.05) is 0 Å². The number of rotatable bonds is 3. The van der Waals surface area contributed by atoms with Gasteiger partial charge in [0, 0.05) is 17.4 Å². The predicted molar refractivity (Wildman–Crippen MR) is 55.2 cm³/mol. The van der Waals surface area contributed by atoms with Gasteiger partial charge in [0.05, 0.1) is 0 Å². The van der Waals surface area contributed by atoms with Crippen molar-refractivity contribution < 1.29 is 4.79 Å². The Morgan fingerprint density at radius 3 is 2.69 bits per heavy atom. The van der Waals surface area contributed by atoms with Crippen LogP contribution in [0.1, 0.15) is 29.8 Å². The number of benzene rings is 1. The quantitative estimate of drug-likeness (QED) is 0.536. The first-order chi connectivity index (χ1) is 6.15. The molecule has 0 aliphatic rings. The molecule has 0 heterocycles. The van der Waals surface area contributed by atoms with Gasteiger partial charge in [-0.1, -0.05) is 32.0 Å². The van der Waals surface area contributed by atoms with Crippen molar-refractivity contribution in [3.8, 4) is 0 Å². The summed E-state index contributed by atoms with van der Waals surface area (Å²) in [7, 11) is 0. The van der Waals surface area contributed by atoms with Gasteiger partial charge in [-0.15, -0.1) is 11.6 Å². The van der Waals surface area contributed by atoms with Gasteiger partial charge < -0.3 is 0 Å². The third-order valence-corrected chi connectivity index (χ3v) is 2.20. The lowest BCUT2D eigenvalue weighted by Gasteiger charge is -2.04. The highest BCUT2D eigenvalue weighted by molar-refractivity contribution is 6.17. The van der Waals surface area contributed by atoms with Gasteiger partial charge in [0.15, 0.2) is 5.78 Å². The van der Waals surface area contributed by atoms with Gasteiger partial charge in [-0.25, -0.2) is 0 Å². The first-order valence-corrected chi connectivity index (χ1v) is 4.87. The molecule has 0 aliphatic carbocycles. The zero-order chi connectivity index (χ0) is 9.84. The molecular weight excluding hydrogens is 184 g/mol. The number of ketones is 1. The lowest BCUT2D eigenvalue weighted by atomic mass is 10.00. The van der Waals surface area contributed by atoms with E-state index in [1.165, 1.54) is 0 Å². The zero-order valence-electron chi connectivity index (χ0n) is 7.88. The van der Waals surface area contributed by atoms with Crippen LogP contribution in [0.15, 0.2) is 24.3 Å². The third kappa shape index (κ3) is 2.56. The number of carbonyl (C=O) groups excluding carboxylic acids is 1. The minimum atomic E-state index is 0.0468. The maximum Gasteiger partial charge on any atom is 0.165 e. The van der Waals surface area contributed by atoms with Crippen molar-refractivity contribution >= 4 is 17.4 Å². The van der Waals surface area contributed by atoms with Crippen LogP contribution < -0.4 is 0 Å². The molecule has 70 valence electrons. The van der Waals surface area contributed by atoms with E-state index in [0.717, 1.165) is 11.1 Å². The Bertz CT molecular complexity index is 305. The predicted octanol–water partition coefficient (Wildman–Crippen LogP) is 3.26. The molecule has 1 nitrogen and oxygen atoms in total. The summed E-state index contributed by atoms with van der Waals surface area (Å²) in [5.41, 5.74) is 1.75. The fourth-order valence-corrected chi connectivity index (χ4v) is 1.31. The lowest BCUT2D eigenvalue weighted by molar-refractivity contribution is 0.0939. The van der Waals surface area contributed by atoms with Gasteiger partial charge in [-0.05, 0) is 11.6 Å². The van der Waals surface area contributed by atoms with E-state index in [1.807, 2.05) is 38.1 Å². The number of hydrogen-bond acceptors (Lipinski definition) is 1. The molecule has 0 saturated carbocycles. The van der Waals surface area contributed by atoms with Gasteiger partial charge in [0.1, 0.15) is 0 Å². The average molecular weight is 197 g/mol. The van der Waals surface area contributed by atoms with Gasteiger partial charge >= 0.3 is 0 Å². The van der Waals surface area contributed by atoms with Crippen LogP contribution in [0.3, 0.4) is 0 Å². The number of alkyl halides is 1. The monoisotopic (exact) mass is 196 g/mol. The summed E-state index contributed by atoms with van der Waals surface area (Å²) in [5.74, 6) is 0.678. The van der Waals surface area contributed by atoms with Crippen LogP contribution in [-0.2, 0) is 5.88 Å². The second-order valence-corrected chi connectivity index (χ2v) is 3.62. The van der Waals surface area contributed by atoms with E-state index in [-0.39, 0.29) is 11.7 Å². The van der Waals surface area contributed by atoms with E-state index >= 15 is 0 Å². The van der Waals surface area contributed by atoms with Crippen LogP contribution in [0.2, 0.25) is 0 Å². The Morgan fingerprint density at radius 2 is 2.15 bits per heavy atom. The number of hydrogen-bond donors (Lipinski definition) is 0. The Balaban J connectivity index is 2.95. The minimum absolute atomic E-state index is 0.0468. The summed E-state index contributed by atoms with van der Waals surface area (Å²) in [5, 5.41) is 0. The molecule has 0 unspecified atom stereocenters. The normalized spacial score (nSPS) is 10.5. The second kappa shape index (κ2) is 4.43. The van der Waals surface area contributed by atoms with E-state index in [1.54, 1.807) is 0 Å². The molecular formula is C11H13ClO. The molecule has 1 aromatic carbocycles. The zero-order valence-corrected chi connectivity index (χ0v) is 8.64. The maximum atomic E-state index is 11.6. The molecule has 0 N–H and O–H groups in total. The maximum absolute atomic E-state index is 11.6. The third-order valence-electron chi connectivity index (χ3n) is 1.89.